The Balaban J connectivity index is 1.55. The Bertz CT molecular complexity index is 1610. The van der Waals surface area contributed by atoms with E-state index in [0.717, 1.165) is 9.58 Å². The van der Waals surface area contributed by atoms with Crippen molar-refractivity contribution in [1.82, 2.24) is 19.2 Å². The molecule has 0 unspecified atom stereocenters. The SMILES string of the molecule is COc1cccc(Sc2nc3ccccc3n3c(=O)n(CC(=O)Nc4ccccc4OC)nc23)c1. The summed E-state index contributed by atoms with van der Waals surface area (Å²) in [5.41, 5.74) is 1.70. The minimum atomic E-state index is -0.429. The third kappa shape index (κ3) is 4.43. The number of fused-ring (bicyclic) bond motifs is 3. The van der Waals surface area contributed by atoms with Gasteiger partial charge >= 0.3 is 5.69 Å². The Morgan fingerprint density at radius 2 is 1.80 bits per heavy atom. The van der Waals surface area contributed by atoms with Crippen LogP contribution in [0, 0.1) is 0 Å². The number of carbonyl (C=O) groups is 1. The summed E-state index contributed by atoms with van der Waals surface area (Å²) in [5, 5.41) is 7.80. The number of para-hydroxylation sites is 4. The minimum absolute atomic E-state index is 0.268. The molecule has 0 fully saturated rings. The van der Waals surface area contributed by atoms with Gasteiger partial charge in [0.15, 0.2) is 5.65 Å². The van der Waals surface area contributed by atoms with Crippen LogP contribution in [0.15, 0.2) is 87.5 Å². The summed E-state index contributed by atoms with van der Waals surface area (Å²) >= 11 is 1.37. The zero-order valence-corrected chi connectivity index (χ0v) is 19.8. The number of amides is 1. The van der Waals surface area contributed by atoms with Gasteiger partial charge in [-0.1, -0.05) is 42.1 Å². The van der Waals surface area contributed by atoms with Crippen LogP contribution in [0.1, 0.15) is 0 Å². The Kier molecular flexibility index (Phi) is 6.11. The minimum Gasteiger partial charge on any atom is -0.497 e. The summed E-state index contributed by atoms with van der Waals surface area (Å²) in [4.78, 5) is 31.8. The highest BCUT2D eigenvalue weighted by molar-refractivity contribution is 7.99. The van der Waals surface area contributed by atoms with Crippen LogP contribution in [0.2, 0.25) is 0 Å². The summed E-state index contributed by atoms with van der Waals surface area (Å²) in [6.07, 6.45) is 0. The van der Waals surface area contributed by atoms with Crippen molar-refractivity contribution in [3.63, 3.8) is 0 Å². The van der Waals surface area contributed by atoms with E-state index in [-0.39, 0.29) is 6.54 Å². The molecule has 9 nitrogen and oxygen atoms in total. The highest BCUT2D eigenvalue weighted by Crippen LogP contribution is 2.32. The van der Waals surface area contributed by atoms with E-state index >= 15 is 0 Å². The van der Waals surface area contributed by atoms with Crippen molar-refractivity contribution in [2.24, 2.45) is 0 Å². The van der Waals surface area contributed by atoms with E-state index < -0.39 is 11.6 Å². The van der Waals surface area contributed by atoms with Crippen molar-refractivity contribution in [3.05, 3.63) is 83.3 Å². The molecule has 0 aliphatic rings. The second-order valence-corrected chi connectivity index (χ2v) is 8.60. The molecule has 5 aromatic rings. The molecule has 0 aliphatic carbocycles. The van der Waals surface area contributed by atoms with Crippen LogP contribution in [0.25, 0.3) is 16.7 Å². The quantitative estimate of drug-likeness (QED) is 0.372. The summed E-state index contributed by atoms with van der Waals surface area (Å²) in [6, 6.07) is 21.9. The van der Waals surface area contributed by atoms with Crippen molar-refractivity contribution in [2.45, 2.75) is 16.5 Å². The summed E-state index contributed by atoms with van der Waals surface area (Å²) < 4.78 is 13.2. The molecule has 0 spiro atoms. The van der Waals surface area contributed by atoms with Gasteiger partial charge in [0.05, 0.1) is 30.9 Å². The third-order valence-electron chi connectivity index (χ3n) is 5.31. The first-order chi connectivity index (χ1) is 17.1. The van der Waals surface area contributed by atoms with E-state index in [1.165, 1.54) is 23.3 Å². The maximum absolute atomic E-state index is 13.4. The lowest BCUT2D eigenvalue weighted by atomic mass is 10.3. The summed E-state index contributed by atoms with van der Waals surface area (Å²) in [5.74, 6) is 0.831. The lowest BCUT2D eigenvalue weighted by Gasteiger charge is -2.09. The zero-order chi connectivity index (χ0) is 24.4. The van der Waals surface area contributed by atoms with Crippen LogP contribution < -0.4 is 20.5 Å². The first-order valence-electron chi connectivity index (χ1n) is 10.7. The molecular weight excluding hydrogens is 466 g/mol. The highest BCUT2D eigenvalue weighted by Gasteiger charge is 2.19. The number of rotatable bonds is 7. The van der Waals surface area contributed by atoms with E-state index in [1.54, 1.807) is 37.4 Å². The predicted octanol–water partition coefficient (Wildman–Crippen LogP) is 3.85. The predicted molar refractivity (Wildman–Crippen MR) is 133 cm³/mol. The molecule has 1 amide bonds. The highest BCUT2D eigenvalue weighted by atomic mass is 32.2. The third-order valence-corrected chi connectivity index (χ3v) is 6.26. The number of anilines is 1. The molecule has 2 heterocycles. The normalized spacial score (nSPS) is 11.0. The van der Waals surface area contributed by atoms with Gasteiger partial charge in [0, 0.05) is 4.90 Å². The number of benzene rings is 3. The molecule has 5 rings (SSSR count). The molecule has 0 bridgehead atoms. The molecule has 0 radical (unpaired) electrons. The zero-order valence-electron chi connectivity index (χ0n) is 19.0. The van der Waals surface area contributed by atoms with Crippen LogP contribution in [0.4, 0.5) is 5.69 Å². The van der Waals surface area contributed by atoms with E-state index in [1.807, 2.05) is 42.5 Å². The van der Waals surface area contributed by atoms with Gasteiger partial charge < -0.3 is 14.8 Å². The maximum Gasteiger partial charge on any atom is 0.351 e. The second kappa shape index (κ2) is 9.51. The number of hydrogen-bond acceptors (Lipinski definition) is 7. The molecule has 0 saturated heterocycles. The fraction of sp³-hybridized carbons (Fsp3) is 0.120. The lowest BCUT2D eigenvalue weighted by Crippen LogP contribution is -2.28. The van der Waals surface area contributed by atoms with Crippen molar-refractivity contribution < 1.29 is 14.3 Å². The Morgan fingerprint density at radius 1 is 1.00 bits per heavy atom. The monoisotopic (exact) mass is 487 g/mol. The van der Waals surface area contributed by atoms with E-state index in [4.69, 9.17) is 14.5 Å². The molecule has 0 atom stereocenters. The summed E-state index contributed by atoms with van der Waals surface area (Å²) in [7, 11) is 3.13. The van der Waals surface area contributed by atoms with Crippen molar-refractivity contribution in [3.8, 4) is 11.5 Å². The smallest absolute Gasteiger partial charge is 0.351 e. The van der Waals surface area contributed by atoms with Crippen LogP contribution in [-0.4, -0.2) is 39.3 Å². The van der Waals surface area contributed by atoms with E-state index in [0.29, 0.717) is 38.9 Å². The van der Waals surface area contributed by atoms with Gasteiger partial charge in [-0.05, 0) is 42.5 Å². The number of ether oxygens (including phenoxy) is 2. The van der Waals surface area contributed by atoms with Crippen molar-refractivity contribution >= 4 is 40.0 Å². The fourth-order valence-electron chi connectivity index (χ4n) is 3.69. The Labute approximate surface area is 204 Å². The van der Waals surface area contributed by atoms with Gasteiger partial charge in [-0.25, -0.2) is 18.9 Å². The molecule has 176 valence electrons. The van der Waals surface area contributed by atoms with Crippen LogP contribution >= 0.6 is 11.8 Å². The molecule has 2 aromatic heterocycles. The average Bonchev–Trinajstić information content (AvgIpc) is 3.20. The number of nitrogens with one attached hydrogen (secondary N) is 1. The number of methoxy groups -OCH3 is 2. The molecule has 0 aliphatic heterocycles. The molecule has 0 saturated carbocycles. The molecule has 1 N–H and O–H groups in total. The molecule has 35 heavy (non-hydrogen) atoms. The van der Waals surface area contributed by atoms with E-state index in [9.17, 15) is 9.59 Å². The van der Waals surface area contributed by atoms with Gasteiger partial charge in [0.1, 0.15) is 23.1 Å². The van der Waals surface area contributed by atoms with Gasteiger partial charge in [-0.2, -0.15) is 0 Å². The first-order valence-corrected chi connectivity index (χ1v) is 11.5. The number of aromatic nitrogens is 4. The van der Waals surface area contributed by atoms with Crippen LogP contribution in [0.5, 0.6) is 11.5 Å². The number of carbonyl (C=O) groups excluding carboxylic acids is 1. The topological polar surface area (TPSA) is 99.8 Å². The fourth-order valence-corrected chi connectivity index (χ4v) is 4.60. The first kappa shape index (κ1) is 22.5. The average molecular weight is 488 g/mol. The largest absolute Gasteiger partial charge is 0.497 e. The number of nitrogens with zero attached hydrogens (tertiary/aromatic N) is 4. The van der Waals surface area contributed by atoms with Crippen molar-refractivity contribution in [2.75, 3.05) is 19.5 Å². The van der Waals surface area contributed by atoms with Gasteiger partial charge in [-0.3, -0.25) is 4.79 Å². The second-order valence-electron chi connectivity index (χ2n) is 7.53. The number of hydrogen-bond donors (Lipinski definition) is 1. The van der Waals surface area contributed by atoms with Gasteiger partial charge in [0.2, 0.25) is 5.91 Å². The molecular formula is C25H21N5O4S. The Hall–Kier alpha value is -4.31. The standard InChI is InChI=1S/C25H21N5O4S/c1-33-16-8-7-9-17(14-16)35-24-23-28-29(15-22(31)26-19-11-4-6-13-21(19)34-2)25(32)30(23)20-12-5-3-10-18(20)27-24/h3-14H,15H2,1-2H3,(H,26,31). The lowest BCUT2D eigenvalue weighted by molar-refractivity contribution is -0.117. The van der Waals surface area contributed by atoms with Crippen LogP contribution in [-0.2, 0) is 11.3 Å². The van der Waals surface area contributed by atoms with Crippen LogP contribution in [0.3, 0.4) is 0 Å². The van der Waals surface area contributed by atoms with Crippen molar-refractivity contribution in [1.29, 1.82) is 0 Å². The molecule has 3 aromatic carbocycles. The Morgan fingerprint density at radius 3 is 2.63 bits per heavy atom. The van der Waals surface area contributed by atoms with Gasteiger partial charge in [-0.15, -0.1) is 5.10 Å². The summed E-state index contributed by atoms with van der Waals surface area (Å²) in [6.45, 7) is -0.268. The van der Waals surface area contributed by atoms with E-state index in [2.05, 4.69) is 10.4 Å². The van der Waals surface area contributed by atoms with Gasteiger partial charge in [0.25, 0.3) is 0 Å². The molecule has 10 heteroatoms. The maximum atomic E-state index is 13.4.